The molecule has 0 bridgehead atoms. The van der Waals surface area contributed by atoms with Crippen molar-refractivity contribution >= 4 is 5.97 Å². The predicted octanol–water partition coefficient (Wildman–Crippen LogP) is 0.601. The van der Waals surface area contributed by atoms with Gasteiger partial charge in [-0.25, -0.2) is 4.98 Å². The predicted molar refractivity (Wildman–Crippen MR) is 47.1 cm³/mol. The molecule has 0 aliphatic heterocycles. The van der Waals surface area contributed by atoms with Crippen molar-refractivity contribution in [1.82, 2.24) is 9.97 Å². The third kappa shape index (κ3) is 1.13. The molecular weight excluding hydrogens is 184 g/mol. The lowest BCUT2D eigenvalue weighted by molar-refractivity contribution is -0.140. The number of rotatable bonds is 3. The number of carbonyl (C=O) groups is 1. The van der Waals surface area contributed by atoms with Gasteiger partial charge >= 0.3 is 5.97 Å². The summed E-state index contributed by atoms with van der Waals surface area (Å²) in [6, 6.07) is 0. The highest BCUT2D eigenvalue weighted by Gasteiger charge is 2.55. The van der Waals surface area contributed by atoms with Crippen molar-refractivity contribution in [2.24, 2.45) is 0 Å². The van der Waals surface area contributed by atoms with E-state index >= 15 is 0 Å². The Morgan fingerprint density at radius 2 is 2.14 bits per heavy atom. The van der Waals surface area contributed by atoms with Crippen molar-refractivity contribution in [1.29, 1.82) is 0 Å². The van der Waals surface area contributed by atoms with E-state index < -0.39 is 11.4 Å². The van der Waals surface area contributed by atoms with Gasteiger partial charge in [0.05, 0.1) is 7.11 Å². The molecule has 1 aliphatic carbocycles. The Balaban J connectivity index is 2.46. The highest BCUT2D eigenvalue weighted by Crippen LogP contribution is 2.49. The Kier molecular flexibility index (Phi) is 1.87. The maximum absolute atomic E-state index is 11.0. The molecule has 0 unspecified atom stereocenters. The number of aromatic nitrogens is 2. The highest BCUT2D eigenvalue weighted by atomic mass is 16.5. The van der Waals surface area contributed by atoms with Gasteiger partial charge in [0, 0.05) is 12.4 Å². The summed E-state index contributed by atoms with van der Waals surface area (Å²) in [7, 11) is 1.46. The summed E-state index contributed by atoms with van der Waals surface area (Å²) in [4.78, 5) is 19.0. The summed E-state index contributed by atoms with van der Waals surface area (Å²) in [6.45, 7) is 0. The molecule has 2 rings (SSSR count). The molecule has 1 aromatic heterocycles. The minimum Gasteiger partial charge on any atom is -0.481 e. The van der Waals surface area contributed by atoms with E-state index in [9.17, 15) is 4.79 Å². The van der Waals surface area contributed by atoms with Gasteiger partial charge in [-0.2, -0.15) is 0 Å². The number of methoxy groups -OCH3 is 1. The van der Waals surface area contributed by atoms with Crippen molar-refractivity contribution in [3.8, 4) is 5.88 Å². The average Bonchev–Trinajstić information content (AvgIpc) is 2.98. The van der Waals surface area contributed by atoms with Gasteiger partial charge in [-0.15, -0.1) is 0 Å². The van der Waals surface area contributed by atoms with Crippen molar-refractivity contribution in [3.63, 3.8) is 0 Å². The smallest absolute Gasteiger partial charge is 0.315 e. The minimum atomic E-state index is -0.851. The van der Waals surface area contributed by atoms with Crippen LogP contribution < -0.4 is 4.74 Å². The topological polar surface area (TPSA) is 72.3 Å². The molecule has 1 aliphatic rings. The molecule has 0 spiro atoms. The van der Waals surface area contributed by atoms with Crippen molar-refractivity contribution in [2.45, 2.75) is 18.3 Å². The lowest BCUT2D eigenvalue weighted by atomic mass is 10.0. The quantitative estimate of drug-likeness (QED) is 0.762. The standard InChI is InChI=1S/C9H10N2O3/c1-14-7-6(10-4-5-11-7)9(2-3-9)8(12)13/h4-5H,2-3H2,1H3,(H,12,13). The first kappa shape index (κ1) is 8.93. The fraction of sp³-hybridized carbons (Fsp3) is 0.444. The Bertz CT molecular complexity index is 374. The number of nitrogens with zero attached hydrogens (tertiary/aromatic N) is 2. The van der Waals surface area contributed by atoms with E-state index in [0.717, 1.165) is 0 Å². The molecule has 0 atom stereocenters. The molecule has 5 heteroatoms. The van der Waals surface area contributed by atoms with E-state index in [-0.39, 0.29) is 0 Å². The summed E-state index contributed by atoms with van der Waals surface area (Å²) in [5, 5.41) is 9.05. The lowest BCUT2D eigenvalue weighted by Crippen LogP contribution is -2.22. The molecule has 0 saturated heterocycles. The first-order valence-electron chi connectivity index (χ1n) is 4.29. The third-order valence-corrected chi connectivity index (χ3v) is 2.47. The van der Waals surface area contributed by atoms with Crippen LogP contribution in [0.25, 0.3) is 0 Å². The van der Waals surface area contributed by atoms with Crippen LogP contribution >= 0.6 is 0 Å². The van der Waals surface area contributed by atoms with Crippen LogP contribution in [0.2, 0.25) is 0 Å². The van der Waals surface area contributed by atoms with Gasteiger partial charge in [0.25, 0.3) is 0 Å². The van der Waals surface area contributed by atoms with E-state index in [1.54, 1.807) is 0 Å². The van der Waals surface area contributed by atoms with Gasteiger partial charge in [-0.3, -0.25) is 9.78 Å². The van der Waals surface area contributed by atoms with Crippen LogP contribution in [-0.2, 0) is 10.2 Å². The monoisotopic (exact) mass is 194 g/mol. The van der Waals surface area contributed by atoms with Gasteiger partial charge < -0.3 is 9.84 Å². The normalized spacial score (nSPS) is 17.5. The molecular formula is C9H10N2O3. The average molecular weight is 194 g/mol. The number of hydrogen-bond donors (Lipinski definition) is 1. The van der Waals surface area contributed by atoms with E-state index in [1.165, 1.54) is 19.5 Å². The number of aliphatic carboxylic acids is 1. The summed E-state index contributed by atoms with van der Waals surface area (Å²) < 4.78 is 4.98. The van der Waals surface area contributed by atoms with Crippen LogP contribution in [0.3, 0.4) is 0 Å². The third-order valence-electron chi connectivity index (χ3n) is 2.47. The number of carboxylic acids is 1. The molecule has 14 heavy (non-hydrogen) atoms. The fourth-order valence-corrected chi connectivity index (χ4v) is 1.48. The Labute approximate surface area is 80.8 Å². The summed E-state index contributed by atoms with van der Waals surface area (Å²) >= 11 is 0. The molecule has 0 aromatic carbocycles. The summed E-state index contributed by atoms with van der Waals surface area (Å²) in [6.07, 6.45) is 4.19. The number of carboxylic acid groups (broad SMARTS) is 1. The number of ether oxygens (including phenoxy) is 1. The number of hydrogen-bond acceptors (Lipinski definition) is 4. The van der Waals surface area contributed by atoms with Crippen LogP contribution in [0.4, 0.5) is 0 Å². The zero-order chi connectivity index (χ0) is 10.2. The van der Waals surface area contributed by atoms with Gasteiger partial charge in [0.2, 0.25) is 5.88 Å². The van der Waals surface area contributed by atoms with Crippen LogP contribution in [0, 0.1) is 0 Å². The van der Waals surface area contributed by atoms with Gasteiger partial charge in [-0.1, -0.05) is 0 Å². The molecule has 0 amide bonds. The first-order chi connectivity index (χ1) is 6.70. The van der Waals surface area contributed by atoms with Gasteiger partial charge in [0.15, 0.2) is 0 Å². The zero-order valence-electron chi connectivity index (χ0n) is 7.73. The van der Waals surface area contributed by atoms with E-state index in [0.29, 0.717) is 24.4 Å². The Morgan fingerprint density at radius 3 is 2.64 bits per heavy atom. The van der Waals surface area contributed by atoms with Gasteiger partial charge in [0.1, 0.15) is 11.1 Å². The molecule has 74 valence electrons. The van der Waals surface area contributed by atoms with Crippen molar-refractivity contribution in [3.05, 3.63) is 18.1 Å². The molecule has 1 heterocycles. The molecule has 1 fully saturated rings. The second kappa shape index (κ2) is 2.94. The van der Waals surface area contributed by atoms with Crippen LogP contribution in [0.1, 0.15) is 18.5 Å². The SMILES string of the molecule is COc1nccnc1C1(C(=O)O)CC1. The minimum absolute atomic E-state index is 0.312. The first-order valence-corrected chi connectivity index (χ1v) is 4.29. The molecule has 5 nitrogen and oxygen atoms in total. The molecule has 0 radical (unpaired) electrons. The Hall–Kier alpha value is -1.65. The van der Waals surface area contributed by atoms with Crippen molar-refractivity contribution in [2.75, 3.05) is 7.11 Å². The Morgan fingerprint density at radius 1 is 1.50 bits per heavy atom. The van der Waals surface area contributed by atoms with Crippen LogP contribution in [-0.4, -0.2) is 28.2 Å². The second-order valence-corrected chi connectivity index (χ2v) is 3.30. The largest absolute Gasteiger partial charge is 0.481 e. The van der Waals surface area contributed by atoms with E-state index in [4.69, 9.17) is 9.84 Å². The molecule has 1 aromatic rings. The van der Waals surface area contributed by atoms with Gasteiger partial charge in [-0.05, 0) is 12.8 Å². The molecule has 1 saturated carbocycles. The zero-order valence-corrected chi connectivity index (χ0v) is 7.73. The second-order valence-electron chi connectivity index (χ2n) is 3.30. The summed E-state index contributed by atoms with van der Waals surface area (Å²) in [5.41, 5.74) is -0.408. The van der Waals surface area contributed by atoms with E-state index in [2.05, 4.69) is 9.97 Å². The van der Waals surface area contributed by atoms with Crippen LogP contribution in [0.5, 0.6) is 5.88 Å². The maximum Gasteiger partial charge on any atom is 0.315 e. The summed E-state index contributed by atoms with van der Waals surface area (Å²) in [5.74, 6) is -0.538. The maximum atomic E-state index is 11.0. The van der Waals surface area contributed by atoms with E-state index in [1.807, 2.05) is 0 Å². The van der Waals surface area contributed by atoms with Crippen molar-refractivity contribution < 1.29 is 14.6 Å². The highest BCUT2D eigenvalue weighted by molar-refractivity contribution is 5.84. The fourth-order valence-electron chi connectivity index (χ4n) is 1.48. The van der Waals surface area contributed by atoms with Crippen LogP contribution in [0.15, 0.2) is 12.4 Å². The lowest BCUT2D eigenvalue weighted by Gasteiger charge is -2.11. The molecule has 1 N–H and O–H groups in total.